The molecule has 3 heterocycles. The third-order valence-corrected chi connectivity index (χ3v) is 7.40. The fraction of sp³-hybridized carbons (Fsp3) is 0.500. The number of piperidine rings is 1. The van der Waals surface area contributed by atoms with Gasteiger partial charge in [-0.1, -0.05) is 11.6 Å². The first-order valence-electron chi connectivity index (χ1n) is 11.0. The van der Waals surface area contributed by atoms with Gasteiger partial charge in [0, 0.05) is 42.7 Å². The van der Waals surface area contributed by atoms with Crippen molar-refractivity contribution < 1.29 is 27.5 Å². The summed E-state index contributed by atoms with van der Waals surface area (Å²) in [4.78, 5) is 29.0. The summed E-state index contributed by atoms with van der Waals surface area (Å²) in [6.07, 6.45) is -2.55. The second kappa shape index (κ2) is 8.30. The smallest absolute Gasteiger partial charge is 0.454 e. The first-order chi connectivity index (χ1) is 15.8. The molecule has 2 aliphatic rings. The van der Waals surface area contributed by atoms with Crippen LogP contribution in [0.25, 0.3) is 0 Å². The van der Waals surface area contributed by atoms with Crippen molar-refractivity contribution in [2.75, 3.05) is 33.8 Å². The molecule has 0 unspecified atom stereocenters. The van der Waals surface area contributed by atoms with E-state index in [1.165, 1.54) is 19.4 Å². The van der Waals surface area contributed by atoms with Gasteiger partial charge in [-0.05, 0) is 58.0 Å². The van der Waals surface area contributed by atoms with E-state index in [0.29, 0.717) is 54.5 Å². The van der Waals surface area contributed by atoms with E-state index < -0.39 is 23.0 Å². The van der Waals surface area contributed by atoms with Gasteiger partial charge in [0.1, 0.15) is 5.75 Å². The van der Waals surface area contributed by atoms with Crippen molar-refractivity contribution in [1.82, 2.24) is 14.4 Å². The van der Waals surface area contributed by atoms with Crippen LogP contribution in [0.3, 0.4) is 0 Å². The van der Waals surface area contributed by atoms with Crippen LogP contribution in [0, 0.1) is 0 Å². The zero-order chi connectivity index (χ0) is 25.1. The van der Waals surface area contributed by atoms with Crippen molar-refractivity contribution in [2.24, 2.45) is 0 Å². The minimum Gasteiger partial charge on any atom is -0.495 e. The SMILES string of the molecule is COc1ccc(C(=O)N2CCC3(CC2)c2cc(C(=O)C(F)(F)F)cn2C(C)(C)CN3C)cc1Cl. The van der Waals surface area contributed by atoms with Crippen LogP contribution in [0.4, 0.5) is 13.2 Å². The summed E-state index contributed by atoms with van der Waals surface area (Å²) in [5.41, 5.74) is -0.295. The summed E-state index contributed by atoms with van der Waals surface area (Å²) in [5, 5.41) is 0.343. The minimum absolute atomic E-state index is 0.165. The first-order valence-corrected chi connectivity index (χ1v) is 11.4. The summed E-state index contributed by atoms with van der Waals surface area (Å²) < 4.78 is 46.4. The second-order valence-corrected chi connectivity index (χ2v) is 10.1. The number of benzene rings is 1. The molecule has 0 N–H and O–H groups in total. The Morgan fingerprint density at radius 1 is 1.09 bits per heavy atom. The number of halogens is 4. The number of hydrogen-bond donors (Lipinski definition) is 0. The van der Waals surface area contributed by atoms with Crippen LogP contribution >= 0.6 is 11.6 Å². The molecule has 4 rings (SSSR count). The van der Waals surface area contributed by atoms with E-state index >= 15 is 0 Å². The van der Waals surface area contributed by atoms with Gasteiger partial charge in [0.05, 0.1) is 23.2 Å². The molecule has 2 aromatic rings. The molecule has 1 fully saturated rings. The zero-order valence-corrected chi connectivity index (χ0v) is 20.3. The number of aromatic nitrogens is 1. The number of methoxy groups -OCH3 is 1. The van der Waals surface area contributed by atoms with Crippen molar-refractivity contribution in [2.45, 2.75) is 43.9 Å². The Labute approximate surface area is 201 Å². The Hall–Kier alpha value is -2.52. The highest BCUT2D eigenvalue weighted by Gasteiger charge is 2.50. The van der Waals surface area contributed by atoms with Crippen LogP contribution in [0.1, 0.15) is 53.1 Å². The summed E-state index contributed by atoms with van der Waals surface area (Å²) >= 11 is 6.18. The lowest BCUT2D eigenvalue weighted by molar-refractivity contribution is -0.0885. The summed E-state index contributed by atoms with van der Waals surface area (Å²) in [6.45, 7) is 5.31. The molecule has 0 aliphatic carbocycles. The van der Waals surface area contributed by atoms with Crippen molar-refractivity contribution in [3.8, 4) is 5.75 Å². The number of amides is 1. The minimum atomic E-state index is -4.93. The van der Waals surface area contributed by atoms with E-state index in [1.807, 2.05) is 25.5 Å². The van der Waals surface area contributed by atoms with Gasteiger partial charge in [0.15, 0.2) is 0 Å². The highest BCUT2D eigenvalue weighted by molar-refractivity contribution is 6.32. The van der Waals surface area contributed by atoms with Crippen LogP contribution < -0.4 is 4.74 Å². The van der Waals surface area contributed by atoms with E-state index in [9.17, 15) is 22.8 Å². The second-order valence-electron chi connectivity index (χ2n) is 9.65. The molecular weight excluding hydrogens is 471 g/mol. The summed E-state index contributed by atoms with van der Waals surface area (Å²) in [6, 6.07) is 6.26. The maximum atomic E-state index is 13.1. The number of fused-ring (bicyclic) bond motifs is 2. The number of nitrogens with zero attached hydrogens (tertiary/aromatic N) is 3. The molecule has 34 heavy (non-hydrogen) atoms. The summed E-state index contributed by atoms with van der Waals surface area (Å²) in [7, 11) is 3.45. The fourth-order valence-electron chi connectivity index (χ4n) is 5.31. The zero-order valence-electron chi connectivity index (χ0n) is 19.5. The molecular formula is C24H27ClF3N3O3. The van der Waals surface area contributed by atoms with E-state index in [0.717, 1.165) is 0 Å². The monoisotopic (exact) mass is 497 g/mol. The van der Waals surface area contributed by atoms with Gasteiger partial charge < -0.3 is 14.2 Å². The Balaban J connectivity index is 1.62. The number of rotatable bonds is 3. The van der Waals surface area contributed by atoms with Gasteiger partial charge in [-0.25, -0.2) is 0 Å². The van der Waals surface area contributed by atoms with E-state index in [2.05, 4.69) is 4.90 Å². The molecule has 0 bridgehead atoms. The first kappa shape index (κ1) is 24.6. The highest BCUT2D eigenvalue weighted by Crippen LogP contribution is 2.46. The predicted octanol–water partition coefficient (Wildman–Crippen LogP) is 4.71. The molecule has 0 atom stereocenters. The van der Waals surface area contributed by atoms with Gasteiger partial charge in [0.25, 0.3) is 11.7 Å². The van der Waals surface area contributed by atoms with Gasteiger partial charge in [-0.2, -0.15) is 13.2 Å². The number of ketones is 1. The average molecular weight is 498 g/mol. The van der Waals surface area contributed by atoms with Crippen molar-refractivity contribution >= 4 is 23.3 Å². The van der Waals surface area contributed by atoms with Crippen molar-refractivity contribution in [1.29, 1.82) is 0 Å². The predicted molar refractivity (Wildman–Crippen MR) is 122 cm³/mol. The Morgan fingerprint density at radius 3 is 2.29 bits per heavy atom. The van der Waals surface area contributed by atoms with Gasteiger partial charge in [0.2, 0.25) is 0 Å². The number of likely N-dealkylation sites (N-methyl/N-ethyl adjacent to an activating group) is 1. The maximum Gasteiger partial charge on any atom is 0.454 e. The number of carbonyl (C=O) groups is 2. The highest BCUT2D eigenvalue weighted by atomic mass is 35.5. The Morgan fingerprint density at radius 2 is 1.74 bits per heavy atom. The molecule has 184 valence electrons. The molecule has 1 spiro atoms. The van der Waals surface area contributed by atoms with Crippen LogP contribution in [0.15, 0.2) is 30.5 Å². The quantitative estimate of drug-likeness (QED) is 0.576. The lowest BCUT2D eigenvalue weighted by atomic mass is 9.78. The number of likely N-dealkylation sites (tertiary alicyclic amines) is 1. The number of Topliss-reactive ketones (excluding diaryl/α,β-unsaturated/α-hetero) is 1. The molecule has 10 heteroatoms. The fourth-order valence-corrected chi connectivity index (χ4v) is 5.57. The topological polar surface area (TPSA) is 54.8 Å². The molecule has 1 aromatic carbocycles. The van der Waals surface area contributed by atoms with Gasteiger partial charge >= 0.3 is 6.18 Å². The summed E-state index contributed by atoms with van der Waals surface area (Å²) in [5.74, 6) is -1.53. The van der Waals surface area contributed by atoms with Crippen LogP contribution in [-0.2, 0) is 11.1 Å². The number of ether oxygens (including phenoxy) is 1. The maximum absolute atomic E-state index is 13.1. The standard InChI is InChI=1S/C24H27ClF3N3O3/c1-22(2)14-29(3)23(19-12-16(13-31(19)22)20(32)24(26,27)28)7-9-30(10-8-23)21(33)15-5-6-18(34-4)17(25)11-15/h5-6,11-13H,7-10,14H2,1-4H3. The molecule has 1 amide bonds. The van der Waals surface area contributed by atoms with Crippen LogP contribution in [0.2, 0.25) is 5.02 Å². The van der Waals surface area contributed by atoms with E-state index in [4.69, 9.17) is 16.3 Å². The normalized spacial score (nSPS) is 19.7. The largest absolute Gasteiger partial charge is 0.495 e. The average Bonchev–Trinajstić information content (AvgIpc) is 3.23. The molecule has 1 saturated heterocycles. The molecule has 1 aromatic heterocycles. The van der Waals surface area contributed by atoms with Gasteiger partial charge in [-0.3, -0.25) is 14.5 Å². The van der Waals surface area contributed by atoms with Crippen LogP contribution in [0.5, 0.6) is 5.75 Å². The third kappa shape index (κ3) is 3.98. The third-order valence-electron chi connectivity index (χ3n) is 7.10. The Bertz CT molecular complexity index is 1130. The number of alkyl halides is 3. The number of carbonyl (C=O) groups excluding carboxylic acids is 2. The molecule has 2 aliphatic heterocycles. The number of hydrogen-bond acceptors (Lipinski definition) is 4. The lowest BCUT2D eigenvalue weighted by Crippen LogP contribution is -2.60. The van der Waals surface area contributed by atoms with Crippen molar-refractivity contribution in [3.05, 3.63) is 52.3 Å². The van der Waals surface area contributed by atoms with Crippen LogP contribution in [-0.4, -0.2) is 66.0 Å². The molecule has 0 radical (unpaired) electrons. The lowest BCUT2D eigenvalue weighted by Gasteiger charge is -2.54. The van der Waals surface area contributed by atoms with E-state index in [-0.39, 0.29) is 11.5 Å². The Kier molecular flexibility index (Phi) is 6.01. The molecule has 0 saturated carbocycles. The van der Waals surface area contributed by atoms with E-state index in [1.54, 1.807) is 23.1 Å². The van der Waals surface area contributed by atoms with Gasteiger partial charge in [-0.15, -0.1) is 0 Å². The van der Waals surface area contributed by atoms with Crippen molar-refractivity contribution in [3.63, 3.8) is 0 Å². The molecule has 6 nitrogen and oxygen atoms in total.